The van der Waals surface area contributed by atoms with E-state index in [0.717, 1.165) is 44.5 Å². The minimum absolute atomic E-state index is 0.0285. The van der Waals surface area contributed by atoms with Gasteiger partial charge in [-0.25, -0.2) is 0 Å². The summed E-state index contributed by atoms with van der Waals surface area (Å²) in [5.41, 5.74) is 0.345. The Bertz CT molecular complexity index is 649. The molecule has 2 aliphatic heterocycles. The van der Waals surface area contributed by atoms with Gasteiger partial charge in [0.15, 0.2) is 5.69 Å². The zero-order valence-corrected chi connectivity index (χ0v) is 14.7. The summed E-state index contributed by atoms with van der Waals surface area (Å²) >= 11 is 0. The fourth-order valence-corrected chi connectivity index (χ4v) is 3.86. The van der Waals surface area contributed by atoms with E-state index in [0.29, 0.717) is 24.7 Å². The number of piperidine rings is 1. The minimum atomic E-state index is -0.205. The Morgan fingerprint density at radius 2 is 2.00 bits per heavy atom. The molecule has 0 spiro atoms. The van der Waals surface area contributed by atoms with Gasteiger partial charge in [-0.05, 0) is 44.7 Å². The molecule has 2 atom stereocenters. The van der Waals surface area contributed by atoms with Gasteiger partial charge in [-0.15, -0.1) is 0 Å². The Kier molecular flexibility index (Phi) is 4.50. The number of carbonyl (C=O) groups is 2. The van der Waals surface area contributed by atoms with Crippen LogP contribution in [0, 0.1) is 11.8 Å². The number of carbonyl (C=O) groups excluding carboxylic acids is 2. The van der Waals surface area contributed by atoms with Crippen LogP contribution in [0.4, 0.5) is 0 Å². The number of likely N-dealkylation sites (tertiary alicyclic amines) is 1. The van der Waals surface area contributed by atoms with Gasteiger partial charge in [0.25, 0.3) is 5.91 Å². The fraction of sp³-hybridized carbons (Fsp3) is 0.722. The lowest BCUT2D eigenvalue weighted by molar-refractivity contribution is -0.135. The van der Waals surface area contributed by atoms with Crippen molar-refractivity contribution in [2.45, 2.75) is 44.6 Å². The number of amides is 2. The molecule has 7 nitrogen and oxygen atoms in total. The Morgan fingerprint density at radius 3 is 2.72 bits per heavy atom. The van der Waals surface area contributed by atoms with Crippen LogP contribution in [-0.4, -0.2) is 54.1 Å². The highest BCUT2D eigenvalue weighted by Gasteiger charge is 2.37. The van der Waals surface area contributed by atoms with Gasteiger partial charge in [0.05, 0.1) is 6.04 Å². The van der Waals surface area contributed by atoms with Crippen molar-refractivity contribution in [3.05, 3.63) is 17.5 Å². The summed E-state index contributed by atoms with van der Waals surface area (Å²) in [5, 5.41) is 10.2. The quantitative estimate of drug-likeness (QED) is 0.853. The number of hydrogen-bond acceptors (Lipinski definition) is 5. The molecule has 3 fully saturated rings. The zero-order valence-electron chi connectivity index (χ0n) is 14.7. The maximum atomic E-state index is 12.7. The van der Waals surface area contributed by atoms with E-state index in [1.54, 1.807) is 6.07 Å². The molecule has 3 heterocycles. The lowest BCUT2D eigenvalue weighted by Crippen LogP contribution is -2.43. The predicted octanol–water partition coefficient (Wildman–Crippen LogP) is 1.13. The second-order valence-corrected chi connectivity index (χ2v) is 7.71. The van der Waals surface area contributed by atoms with Gasteiger partial charge in [-0.3, -0.25) is 9.59 Å². The summed E-state index contributed by atoms with van der Waals surface area (Å²) in [4.78, 5) is 27.0. The number of nitrogens with zero attached hydrogens (tertiary/aromatic N) is 2. The molecule has 1 saturated carbocycles. The Labute approximate surface area is 147 Å². The van der Waals surface area contributed by atoms with Crippen molar-refractivity contribution in [1.82, 2.24) is 20.7 Å². The number of aromatic nitrogens is 1. The molecule has 1 aromatic rings. The largest absolute Gasteiger partial charge is 0.360 e. The fourth-order valence-electron chi connectivity index (χ4n) is 3.86. The molecule has 2 N–H and O–H groups in total. The van der Waals surface area contributed by atoms with Crippen molar-refractivity contribution in [3.8, 4) is 0 Å². The second kappa shape index (κ2) is 6.78. The van der Waals surface area contributed by atoms with E-state index >= 15 is 0 Å². The molecule has 136 valence electrons. The molecule has 1 aromatic heterocycles. The van der Waals surface area contributed by atoms with Crippen molar-refractivity contribution in [2.24, 2.45) is 11.8 Å². The smallest absolute Gasteiger partial charge is 0.273 e. The molecule has 3 aliphatic rings. The average Bonchev–Trinajstić information content (AvgIpc) is 3.25. The van der Waals surface area contributed by atoms with Crippen molar-refractivity contribution in [3.63, 3.8) is 0 Å². The first-order chi connectivity index (χ1) is 12.1. The van der Waals surface area contributed by atoms with Crippen molar-refractivity contribution < 1.29 is 14.1 Å². The third-order valence-corrected chi connectivity index (χ3v) is 5.67. The van der Waals surface area contributed by atoms with Gasteiger partial charge in [-0.1, -0.05) is 12.1 Å². The van der Waals surface area contributed by atoms with Gasteiger partial charge >= 0.3 is 0 Å². The molecule has 0 radical (unpaired) electrons. The Morgan fingerprint density at radius 1 is 1.24 bits per heavy atom. The van der Waals surface area contributed by atoms with Gasteiger partial charge < -0.3 is 20.1 Å². The zero-order chi connectivity index (χ0) is 17.4. The molecule has 0 aromatic carbocycles. The van der Waals surface area contributed by atoms with Crippen LogP contribution in [0.1, 0.15) is 54.8 Å². The van der Waals surface area contributed by atoms with E-state index < -0.39 is 0 Å². The first-order valence-electron chi connectivity index (χ1n) is 9.39. The van der Waals surface area contributed by atoms with Crippen LogP contribution in [0.3, 0.4) is 0 Å². The van der Waals surface area contributed by atoms with Gasteiger partial charge in [-0.2, -0.15) is 0 Å². The summed E-state index contributed by atoms with van der Waals surface area (Å²) in [6.45, 7) is 5.20. The molecule has 2 saturated heterocycles. The van der Waals surface area contributed by atoms with E-state index in [2.05, 4.69) is 22.7 Å². The van der Waals surface area contributed by atoms with Gasteiger partial charge in [0.1, 0.15) is 5.76 Å². The van der Waals surface area contributed by atoms with E-state index in [1.165, 1.54) is 0 Å². The standard InChI is InChI=1S/C18H26N4O3/c1-11-9-22(18(24)13-4-6-19-7-5-13)10-15(11)20-17(23)14-8-16(25-21-14)12-2-3-12/h8,11-13,15,19H,2-7,9-10H2,1H3,(H,20,23)/t11-,15+/m1/s1. The minimum Gasteiger partial charge on any atom is -0.360 e. The van der Waals surface area contributed by atoms with Crippen LogP contribution in [0.2, 0.25) is 0 Å². The van der Waals surface area contributed by atoms with Gasteiger partial charge in [0.2, 0.25) is 5.91 Å². The monoisotopic (exact) mass is 346 g/mol. The molecule has 0 bridgehead atoms. The van der Waals surface area contributed by atoms with Crippen molar-refractivity contribution >= 4 is 11.8 Å². The molecule has 4 rings (SSSR count). The Hall–Kier alpha value is -1.89. The van der Waals surface area contributed by atoms with Crippen LogP contribution in [-0.2, 0) is 4.79 Å². The summed E-state index contributed by atoms with van der Waals surface area (Å²) in [6, 6.07) is 1.73. The van der Waals surface area contributed by atoms with E-state index in [-0.39, 0.29) is 29.7 Å². The van der Waals surface area contributed by atoms with Crippen LogP contribution in [0.25, 0.3) is 0 Å². The maximum absolute atomic E-state index is 12.7. The number of rotatable bonds is 4. The highest BCUT2D eigenvalue weighted by Crippen LogP contribution is 2.40. The molecule has 7 heteroatoms. The van der Waals surface area contributed by atoms with E-state index in [1.807, 2.05) is 4.90 Å². The second-order valence-electron chi connectivity index (χ2n) is 7.71. The maximum Gasteiger partial charge on any atom is 0.273 e. The first kappa shape index (κ1) is 16.6. The van der Waals surface area contributed by atoms with Crippen molar-refractivity contribution in [1.29, 1.82) is 0 Å². The first-order valence-corrected chi connectivity index (χ1v) is 9.39. The third-order valence-electron chi connectivity index (χ3n) is 5.67. The lowest BCUT2D eigenvalue weighted by Gasteiger charge is -2.26. The summed E-state index contributed by atoms with van der Waals surface area (Å²) < 4.78 is 5.26. The normalized spacial score (nSPS) is 27.5. The molecule has 1 aliphatic carbocycles. The summed E-state index contributed by atoms with van der Waals surface area (Å²) in [5.74, 6) is 1.65. The highest BCUT2D eigenvalue weighted by atomic mass is 16.5. The highest BCUT2D eigenvalue weighted by molar-refractivity contribution is 5.92. The lowest BCUT2D eigenvalue weighted by atomic mass is 9.97. The van der Waals surface area contributed by atoms with Gasteiger partial charge in [0, 0.05) is 31.0 Å². The SMILES string of the molecule is C[C@@H]1CN(C(=O)C2CCNCC2)C[C@@H]1NC(=O)c1cc(C2CC2)on1. The summed E-state index contributed by atoms with van der Waals surface area (Å²) in [7, 11) is 0. The van der Waals surface area contributed by atoms with E-state index in [4.69, 9.17) is 4.52 Å². The molecule has 2 amide bonds. The van der Waals surface area contributed by atoms with E-state index in [9.17, 15) is 9.59 Å². The number of nitrogens with one attached hydrogen (secondary N) is 2. The molecular weight excluding hydrogens is 320 g/mol. The summed E-state index contributed by atoms with van der Waals surface area (Å²) in [6.07, 6.45) is 4.04. The van der Waals surface area contributed by atoms with Crippen LogP contribution in [0.15, 0.2) is 10.6 Å². The molecular formula is C18H26N4O3. The number of hydrogen-bond donors (Lipinski definition) is 2. The predicted molar refractivity (Wildman–Crippen MR) is 91.1 cm³/mol. The topological polar surface area (TPSA) is 87.5 Å². The van der Waals surface area contributed by atoms with Crippen LogP contribution in [0.5, 0.6) is 0 Å². The third kappa shape index (κ3) is 3.56. The van der Waals surface area contributed by atoms with Crippen LogP contribution < -0.4 is 10.6 Å². The Balaban J connectivity index is 1.34. The van der Waals surface area contributed by atoms with Crippen molar-refractivity contribution in [2.75, 3.05) is 26.2 Å². The molecule has 25 heavy (non-hydrogen) atoms. The average molecular weight is 346 g/mol. The van der Waals surface area contributed by atoms with Crippen LogP contribution >= 0.6 is 0 Å². The molecule has 0 unspecified atom stereocenters.